The highest BCUT2D eigenvalue weighted by atomic mass is 19.1. The van der Waals surface area contributed by atoms with Gasteiger partial charge in [0.1, 0.15) is 11.6 Å². The number of nitrogens with zero attached hydrogens (tertiary/aromatic N) is 1. The lowest BCUT2D eigenvalue weighted by molar-refractivity contribution is -0.138. The van der Waals surface area contributed by atoms with Crippen LogP contribution in [0.4, 0.5) is 4.39 Å². The van der Waals surface area contributed by atoms with Crippen LogP contribution in [0.1, 0.15) is 31.2 Å². The second kappa shape index (κ2) is 5.72. The Kier molecular flexibility index (Phi) is 3.82. The molecule has 0 radical (unpaired) electrons. The second-order valence-corrected chi connectivity index (χ2v) is 7.35. The standard InChI is InChI=1S/C18H24FNO3/c1-20-14-7-18(21,8-15(20)11-22-10-14)16-6-13(19)4-5-17(16)23-9-12-2-3-12/h4-6,12,14-15,21H,2-3,7-11H2,1H3. The van der Waals surface area contributed by atoms with Crippen molar-refractivity contribution in [1.29, 1.82) is 0 Å². The summed E-state index contributed by atoms with van der Waals surface area (Å²) in [6, 6.07) is 4.84. The van der Waals surface area contributed by atoms with Crippen LogP contribution in [0.2, 0.25) is 0 Å². The van der Waals surface area contributed by atoms with E-state index in [1.807, 2.05) is 0 Å². The molecule has 2 heterocycles. The van der Waals surface area contributed by atoms with Crippen molar-refractivity contribution in [1.82, 2.24) is 4.90 Å². The molecule has 0 amide bonds. The molecule has 23 heavy (non-hydrogen) atoms. The molecule has 1 aliphatic carbocycles. The van der Waals surface area contributed by atoms with Crippen molar-refractivity contribution in [2.45, 2.75) is 43.4 Å². The lowest BCUT2D eigenvalue weighted by Crippen LogP contribution is -2.59. The molecule has 1 aromatic rings. The minimum atomic E-state index is -1.05. The second-order valence-electron chi connectivity index (χ2n) is 7.35. The van der Waals surface area contributed by atoms with E-state index in [4.69, 9.17) is 9.47 Å². The van der Waals surface area contributed by atoms with E-state index in [2.05, 4.69) is 11.9 Å². The van der Waals surface area contributed by atoms with Gasteiger partial charge >= 0.3 is 0 Å². The third kappa shape index (κ3) is 2.97. The van der Waals surface area contributed by atoms with Gasteiger partial charge in [0.25, 0.3) is 0 Å². The molecule has 2 atom stereocenters. The Morgan fingerprint density at radius 1 is 1.30 bits per heavy atom. The maximum atomic E-state index is 13.8. The normalized spacial score (nSPS) is 34.4. The number of aliphatic hydroxyl groups is 1. The van der Waals surface area contributed by atoms with Crippen LogP contribution >= 0.6 is 0 Å². The van der Waals surface area contributed by atoms with Gasteiger partial charge in [0.2, 0.25) is 0 Å². The lowest BCUT2D eigenvalue weighted by atomic mass is 9.76. The Morgan fingerprint density at radius 2 is 2.00 bits per heavy atom. The number of benzene rings is 1. The Bertz CT molecular complexity index is 576. The molecular formula is C18H24FNO3. The summed E-state index contributed by atoms with van der Waals surface area (Å²) in [6.45, 7) is 1.89. The van der Waals surface area contributed by atoms with Gasteiger partial charge in [0.05, 0.1) is 25.4 Å². The molecule has 0 spiro atoms. The Labute approximate surface area is 136 Å². The number of fused-ring (bicyclic) bond motifs is 2. The average molecular weight is 321 g/mol. The van der Waals surface area contributed by atoms with E-state index in [-0.39, 0.29) is 17.9 Å². The molecule has 3 aliphatic rings. The molecular weight excluding hydrogens is 297 g/mol. The third-order valence-corrected chi connectivity index (χ3v) is 5.53. The van der Waals surface area contributed by atoms with Gasteiger partial charge in [-0.2, -0.15) is 0 Å². The highest BCUT2D eigenvalue weighted by Crippen LogP contribution is 2.44. The summed E-state index contributed by atoms with van der Waals surface area (Å²) in [5.41, 5.74) is -0.449. The van der Waals surface area contributed by atoms with Crippen molar-refractivity contribution in [3.63, 3.8) is 0 Å². The largest absolute Gasteiger partial charge is 0.493 e. The molecule has 2 bridgehead atoms. The molecule has 0 aromatic heterocycles. The topological polar surface area (TPSA) is 41.9 Å². The predicted molar refractivity (Wildman–Crippen MR) is 83.9 cm³/mol. The highest BCUT2D eigenvalue weighted by Gasteiger charge is 2.47. The Morgan fingerprint density at radius 3 is 2.65 bits per heavy atom. The SMILES string of the molecule is CN1C2COCC1CC(O)(c1cc(F)ccc1OCC1CC1)C2. The first kappa shape index (κ1) is 15.4. The van der Waals surface area contributed by atoms with Crippen LogP contribution in [0.15, 0.2) is 18.2 Å². The van der Waals surface area contributed by atoms with Crippen molar-refractivity contribution >= 4 is 0 Å². The number of piperidine rings is 1. The molecule has 1 saturated carbocycles. The summed E-state index contributed by atoms with van der Waals surface area (Å²) in [5, 5.41) is 11.3. The van der Waals surface area contributed by atoms with Gasteiger partial charge in [0, 0.05) is 17.6 Å². The Balaban J connectivity index is 1.63. The molecule has 4 nitrogen and oxygen atoms in total. The van der Waals surface area contributed by atoms with Crippen LogP contribution in [0.5, 0.6) is 5.75 Å². The van der Waals surface area contributed by atoms with Gasteiger partial charge < -0.3 is 14.6 Å². The smallest absolute Gasteiger partial charge is 0.125 e. The number of hydrogen-bond donors (Lipinski definition) is 1. The lowest BCUT2D eigenvalue weighted by Gasteiger charge is -2.50. The van der Waals surface area contributed by atoms with Gasteiger partial charge in [-0.1, -0.05) is 0 Å². The van der Waals surface area contributed by atoms with Gasteiger partial charge in [-0.3, -0.25) is 4.90 Å². The first-order valence-corrected chi connectivity index (χ1v) is 8.50. The number of morpholine rings is 1. The minimum absolute atomic E-state index is 0.159. The fourth-order valence-corrected chi connectivity index (χ4v) is 3.85. The number of hydrogen-bond acceptors (Lipinski definition) is 4. The van der Waals surface area contributed by atoms with Crippen molar-refractivity contribution in [2.75, 3.05) is 26.9 Å². The molecule has 2 saturated heterocycles. The predicted octanol–water partition coefficient (Wildman–Crippen LogP) is 2.30. The fraction of sp³-hybridized carbons (Fsp3) is 0.667. The van der Waals surface area contributed by atoms with Crippen LogP contribution in [-0.4, -0.2) is 49.0 Å². The molecule has 2 aliphatic heterocycles. The van der Waals surface area contributed by atoms with Gasteiger partial charge in [-0.25, -0.2) is 4.39 Å². The van der Waals surface area contributed by atoms with E-state index < -0.39 is 5.60 Å². The minimum Gasteiger partial charge on any atom is -0.493 e. The molecule has 2 unspecified atom stereocenters. The maximum Gasteiger partial charge on any atom is 0.125 e. The zero-order chi connectivity index (χ0) is 16.0. The molecule has 126 valence electrons. The van der Waals surface area contributed by atoms with Crippen LogP contribution in [0.25, 0.3) is 0 Å². The summed E-state index contributed by atoms with van der Waals surface area (Å²) in [4.78, 5) is 2.28. The van der Waals surface area contributed by atoms with Crippen LogP contribution < -0.4 is 4.74 Å². The summed E-state index contributed by atoms with van der Waals surface area (Å²) in [6.07, 6.45) is 3.49. The van der Waals surface area contributed by atoms with Crippen molar-refractivity contribution in [2.24, 2.45) is 5.92 Å². The van der Waals surface area contributed by atoms with Crippen LogP contribution in [0.3, 0.4) is 0 Å². The highest BCUT2D eigenvalue weighted by molar-refractivity contribution is 5.39. The van der Waals surface area contributed by atoms with Gasteiger partial charge in [-0.15, -0.1) is 0 Å². The van der Waals surface area contributed by atoms with E-state index in [1.165, 1.54) is 25.0 Å². The molecule has 5 heteroatoms. The zero-order valence-corrected chi connectivity index (χ0v) is 13.5. The summed E-state index contributed by atoms with van der Waals surface area (Å²) < 4.78 is 25.4. The monoisotopic (exact) mass is 321 g/mol. The van der Waals surface area contributed by atoms with Crippen molar-refractivity contribution < 1.29 is 19.0 Å². The van der Waals surface area contributed by atoms with E-state index in [0.717, 1.165) is 0 Å². The third-order valence-electron chi connectivity index (χ3n) is 5.53. The molecule has 1 aromatic carbocycles. The van der Waals surface area contributed by atoms with E-state index in [0.29, 0.717) is 49.9 Å². The first-order chi connectivity index (χ1) is 11.0. The number of halogens is 1. The van der Waals surface area contributed by atoms with E-state index >= 15 is 0 Å². The number of rotatable bonds is 4. The maximum absolute atomic E-state index is 13.8. The van der Waals surface area contributed by atoms with E-state index in [9.17, 15) is 9.50 Å². The van der Waals surface area contributed by atoms with E-state index in [1.54, 1.807) is 6.07 Å². The van der Waals surface area contributed by atoms with Crippen molar-refractivity contribution in [3.05, 3.63) is 29.6 Å². The molecule has 3 fully saturated rings. The summed E-state index contributed by atoms with van der Waals surface area (Å²) in [7, 11) is 2.08. The van der Waals surface area contributed by atoms with Gasteiger partial charge in [0.15, 0.2) is 0 Å². The number of ether oxygens (including phenoxy) is 2. The quantitative estimate of drug-likeness (QED) is 0.924. The summed E-state index contributed by atoms with van der Waals surface area (Å²) >= 11 is 0. The number of likely N-dealkylation sites (N-methyl/N-ethyl adjacent to an activating group) is 1. The van der Waals surface area contributed by atoms with Crippen LogP contribution in [-0.2, 0) is 10.3 Å². The summed E-state index contributed by atoms with van der Waals surface area (Å²) in [5.74, 6) is 0.921. The molecule has 4 rings (SSSR count). The zero-order valence-electron chi connectivity index (χ0n) is 13.5. The van der Waals surface area contributed by atoms with Crippen LogP contribution in [0, 0.1) is 11.7 Å². The average Bonchev–Trinajstić information content (AvgIpc) is 3.32. The van der Waals surface area contributed by atoms with Crippen molar-refractivity contribution in [3.8, 4) is 5.75 Å². The first-order valence-electron chi connectivity index (χ1n) is 8.50. The molecule has 1 N–H and O–H groups in total. The fourth-order valence-electron chi connectivity index (χ4n) is 3.85. The Hall–Kier alpha value is -1.17. The van der Waals surface area contributed by atoms with Gasteiger partial charge in [-0.05, 0) is 56.8 Å².